The summed E-state index contributed by atoms with van der Waals surface area (Å²) in [6.45, 7) is 3.00. The number of quaternary nitrogens is 1. The molecule has 170 valence electrons. The molecule has 0 amide bonds. The molecule has 0 aliphatic heterocycles. The molecule has 0 aliphatic rings. The van der Waals surface area contributed by atoms with Crippen molar-refractivity contribution in [1.82, 2.24) is 26.0 Å². The average molecular weight is 464 g/mol. The third-order valence-electron chi connectivity index (χ3n) is 1.49. The van der Waals surface area contributed by atoms with E-state index in [1.165, 1.54) is 0 Å². The highest BCUT2D eigenvalue weighted by molar-refractivity contribution is 7.93. The van der Waals surface area contributed by atoms with Crippen molar-refractivity contribution in [3.63, 3.8) is 0 Å². The number of hydrogen-bond acceptors (Lipinski definition) is 10. The summed E-state index contributed by atoms with van der Waals surface area (Å²) in [6.07, 6.45) is 0. The predicted molar refractivity (Wildman–Crippen MR) is 82.5 cm³/mol. The molecule has 21 heteroatoms. The monoisotopic (exact) mass is 464 g/mol. The van der Waals surface area contributed by atoms with Crippen molar-refractivity contribution in [3.8, 4) is 0 Å². The Kier molecular flexibility index (Phi) is 20.1. The summed E-state index contributed by atoms with van der Waals surface area (Å²) in [7, 11) is -8.82. The van der Waals surface area contributed by atoms with Gasteiger partial charge in [0.2, 0.25) is 0 Å². The van der Waals surface area contributed by atoms with Crippen LogP contribution in [0.15, 0.2) is 0 Å². The van der Waals surface area contributed by atoms with Crippen molar-refractivity contribution >= 4 is 20.0 Å². The van der Waals surface area contributed by atoms with E-state index in [9.17, 15) is 43.2 Å². The van der Waals surface area contributed by atoms with Gasteiger partial charge in [0.1, 0.15) is 0 Å². The Hall–Kier alpha value is -0.880. The van der Waals surface area contributed by atoms with Crippen LogP contribution in [0.25, 0.3) is 0 Å². The Balaban J connectivity index is -0.000000197. The van der Waals surface area contributed by atoms with Crippen LogP contribution in [0, 0.1) is 0 Å². The molecular formula is C6H24F6N9O4S2+. The Morgan fingerprint density at radius 3 is 1.15 bits per heavy atom. The second-order valence-electron chi connectivity index (χ2n) is 3.38. The van der Waals surface area contributed by atoms with Crippen molar-refractivity contribution in [3.05, 3.63) is 0 Å². The minimum Gasteiger partial charge on any atom is -0.274 e. The Morgan fingerprint density at radius 1 is 0.815 bits per heavy atom. The molecule has 27 heavy (non-hydrogen) atoms. The number of hydrazine groups is 4. The Bertz CT molecular complexity index is 490. The van der Waals surface area contributed by atoms with E-state index >= 15 is 0 Å². The SMILES string of the molecule is CC[NH2+]NN.CNNC.NN.O=S(=O)(NNS(=O)(=O)C(F)(F)F)C(F)(F)F. The summed E-state index contributed by atoms with van der Waals surface area (Å²) in [6, 6.07) is 0. The summed E-state index contributed by atoms with van der Waals surface area (Å²) in [5.74, 6) is 12.8. The molecule has 0 aromatic carbocycles. The lowest BCUT2D eigenvalue weighted by Crippen LogP contribution is -2.95. The quantitative estimate of drug-likeness (QED) is 0.105. The second kappa shape index (κ2) is 16.1. The zero-order chi connectivity index (χ0) is 22.9. The standard InChI is InChI=1S/C2H2F6N2O4S2.C2H9N3.C2H8N2.H4N2/c3-1(4,5)15(11,12)9-10-16(13,14)2(6,7)8;1-2-4-5-3;1-3-4-2;1-2/h9-10H;4-5H,2-3H2,1H3;3-4H,1-2H3;1-2H2/p+1. The van der Waals surface area contributed by atoms with Crippen molar-refractivity contribution < 1.29 is 48.6 Å². The van der Waals surface area contributed by atoms with Gasteiger partial charge in [0.15, 0.2) is 0 Å². The topological polar surface area (TPSA) is 223 Å². The third-order valence-corrected chi connectivity index (χ3v) is 3.58. The van der Waals surface area contributed by atoms with Gasteiger partial charge in [0.05, 0.1) is 6.54 Å². The van der Waals surface area contributed by atoms with Gasteiger partial charge in [-0.05, 0) is 21.0 Å². The largest absolute Gasteiger partial charge is 0.512 e. The molecule has 0 rings (SSSR count). The Morgan fingerprint density at radius 2 is 1.07 bits per heavy atom. The van der Waals surface area contributed by atoms with Gasteiger partial charge in [-0.2, -0.15) is 26.3 Å². The van der Waals surface area contributed by atoms with E-state index in [0.29, 0.717) is 0 Å². The summed E-state index contributed by atoms with van der Waals surface area (Å²) in [5.41, 5.74) is -2.36. The van der Waals surface area contributed by atoms with E-state index in [0.717, 1.165) is 6.54 Å². The fourth-order valence-corrected chi connectivity index (χ4v) is 1.45. The first-order chi connectivity index (χ1) is 12.0. The minimum atomic E-state index is -6.23. The lowest BCUT2D eigenvalue weighted by Gasteiger charge is -2.12. The van der Waals surface area contributed by atoms with Gasteiger partial charge in [0, 0.05) is 0 Å². The normalized spacial score (nSPS) is 11.9. The molecule has 13 nitrogen and oxygen atoms in total. The first kappa shape index (κ1) is 33.7. The maximum Gasteiger partial charge on any atom is 0.512 e. The Labute approximate surface area is 151 Å². The molecular weight excluding hydrogens is 440 g/mol. The molecule has 0 atom stereocenters. The van der Waals surface area contributed by atoms with E-state index in [4.69, 9.17) is 5.84 Å². The number of sulfonamides is 2. The van der Waals surface area contributed by atoms with Gasteiger partial charge in [-0.25, -0.2) is 22.7 Å². The predicted octanol–water partition coefficient (Wildman–Crippen LogP) is -4.11. The maximum absolute atomic E-state index is 11.5. The van der Waals surface area contributed by atoms with E-state index in [1.54, 1.807) is 5.43 Å². The molecule has 0 spiro atoms. The fourth-order valence-electron chi connectivity index (χ4n) is 0.343. The molecule has 0 aromatic heterocycles. The number of halogens is 6. The first-order valence-electron chi connectivity index (χ1n) is 6.14. The molecule has 0 radical (unpaired) electrons. The van der Waals surface area contributed by atoms with Gasteiger partial charge in [0.25, 0.3) is 0 Å². The number of nitrogens with one attached hydrogen (secondary N) is 5. The van der Waals surface area contributed by atoms with Crippen LogP contribution in [0.5, 0.6) is 0 Å². The van der Waals surface area contributed by atoms with Crippen LogP contribution in [0.3, 0.4) is 0 Å². The zero-order valence-electron chi connectivity index (χ0n) is 14.2. The van der Waals surface area contributed by atoms with Crippen LogP contribution in [0.2, 0.25) is 0 Å². The van der Waals surface area contributed by atoms with Crippen LogP contribution in [0.4, 0.5) is 26.3 Å². The van der Waals surface area contributed by atoms with Crippen LogP contribution < -0.4 is 49.0 Å². The number of nitrogens with two attached hydrogens (primary N) is 4. The molecule has 0 fully saturated rings. The van der Waals surface area contributed by atoms with Crippen molar-refractivity contribution in [2.75, 3.05) is 20.6 Å². The third kappa shape index (κ3) is 18.3. The summed E-state index contributed by atoms with van der Waals surface area (Å²) < 4.78 is 110. The molecule has 0 aromatic rings. The summed E-state index contributed by atoms with van der Waals surface area (Å²) in [4.78, 5) is 0.0700. The lowest BCUT2D eigenvalue weighted by molar-refractivity contribution is -0.710. The van der Waals surface area contributed by atoms with E-state index in [1.807, 2.05) is 21.0 Å². The van der Waals surface area contributed by atoms with Crippen LogP contribution in [-0.2, 0) is 20.0 Å². The van der Waals surface area contributed by atoms with Crippen molar-refractivity contribution in [2.45, 2.75) is 17.9 Å². The molecule has 0 bridgehead atoms. The molecule has 13 N–H and O–H groups in total. The molecule has 0 heterocycles. The van der Waals surface area contributed by atoms with Gasteiger partial charge >= 0.3 is 31.1 Å². The van der Waals surface area contributed by atoms with Crippen LogP contribution >= 0.6 is 0 Å². The van der Waals surface area contributed by atoms with E-state index in [2.05, 4.69) is 28.1 Å². The van der Waals surface area contributed by atoms with Gasteiger partial charge in [-0.15, -0.1) is 15.2 Å². The molecule has 0 aliphatic carbocycles. The van der Waals surface area contributed by atoms with Gasteiger partial charge in [-0.1, -0.05) is 0 Å². The highest BCUT2D eigenvalue weighted by atomic mass is 32.2. The second-order valence-corrected chi connectivity index (χ2v) is 6.73. The lowest BCUT2D eigenvalue weighted by atomic mass is 10.8. The van der Waals surface area contributed by atoms with Crippen LogP contribution in [0.1, 0.15) is 6.92 Å². The molecule has 0 saturated carbocycles. The van der Waals surface area contributed by atoms with Crippen molar-refractivity contribution in [2.24, 2.45) is 17.5 Å². The van der Waals surface area contributed by atoms with E-state index in [-0.39, 0.29) is 9.66 Å². The number of alkyl halides is 6. The van der Waals surface area contributed by atoms with Crippen molar-refractivity contribution in [1.29, 1.82) is 0 Å². The maximum atomic E-state index is 11.5. The van der Waals surface area contributed by atoms with Crippen LogP contribution in [-0.4, -0.2) is 48.5 Å². The minimum absolute atomic E-state index is 0.0350. The first-order valence-corrected chi connectivity index (χ1v) is 9.11. The van der Waals surface area contributed by atoms with Gasteiger partial charge in [-0.3, -0.25) is 28.0 Å². The number of rotatable bonds is 6. The average Bonchev–Trinajstić information content (AvgIpc) is 2.54. The molecule has 0 unspecified atom stereocenters. The summed E-state index contributed by atoms with van der Waals surface area (Å²) >= 11 is 0. The highest BCUT2D eigenvalue weighted by Gasteiger charge is 2.50. The summed E-state index contributed by atoms with van der Waals surface area (Å²) in [5, 5.41) is 0. The smallest absolute Gasteiger partial charge is 0.274 e. The zero-order valence-corrected chi connectivity index (χ0v) is 15.9. The molecule has 0 saturated heterocycles. The number of hydrogen-bond donors (Lipinski definition) is 9. The van der Waals surface area contributed by atoms with E-state index < -0.39 is 31.1 Å². The van der Waals surface area contributed by atoms with Gasteiger partial charge < -0.3 is 0 Å². The highest BCUT2D eigenvalue weighted by Crippen LogP contribution is 2.23. The fraction of sp³-hybridized carbons (Fsp3) is 1.00.